The van der Waals surface area contributed by atoms with Gasteiger partial charge in [-0.2, -0.15) is 0 Å². The number of anilines is 1. The molecule has 1 atom stereocenters. The lowest BCUT2D eigenvalue weighted by Crippen LogP contribution is -2.14. The van der Waals surface area contributed by atoms with Crippen molar-refractivity contribution in [3.05, 3.63) is 81.3 Å². The molecule has 1 aliphatic carbocycles. The second kappa shape index (κ2) is 6.76. The summed E-state index contributed by atoms with van der Waals surface area (Å²) in [5.41, 5.74) is 5.29. The van der Waals surface area contributed by atoms with E-state index in [2.05, 4.69) is 37.8 Å². The monoisotopic (exact) mass is 472 g/mol. The Morgan fingerprint density at radius 1 is 1.11 bits per heavy atom. The highest BCUT2D eigenvalue weighted by molar-refractivity contribution is 9.10. The molecule has 0 amide bonds. The fourth-order valence-corrected chi connectivity index (χ4v) is 6.50. The van der Waals surface area contributed by atoms with E-state index in [0.717, 1.165) is 28.4 Å². The van der Waals surface area contributed by atoms with Crippen molar-refractivity contribution in [3.8, 4) is 0 Å². The molecule has 1 unspecified atom stereocenters. The zero-order valence-corrected chi connectivity index (χ0v) is 18.0. The van der Waals surface area contributed by atoms with Crippen molar-refractivity contribution in [2.24, 2.45) is 0 Å². The molecule has 7 heteroatoms. The van der Waals surface area contributed by atoms with Crippen LogP contribution in [0.3, 0.4) is 0 Å². The number of nitrogens with one attached hydrogen (secondary N) is 2. The number of hydrogen-bond acceptors (Lipinski definition) is 3. The number of hydrogen-bond donors (Lipinski definition) is 2. The Bertz CT molecular complexity index is 1280. The first-order chi connectivity index (χ1) is 13.5. The second-order valence-electron chi connectivity index (χ2n) is 6.92. The number of benzene rings is 2. The summed E-state index contributed by atoms with van der Waals surface area (Å²) in [5.74, 6) is 0.142. The molecule has 4 aromatic rings. The molecule has 0 radical (unpaired) electrons. The SMILES string of the molecule is O=S(=O)(Nc1ccccc1C1CCc2c1[nH]c1ccc(Br)cc21)c1cccs1. The van der Waals surface area contributed by atoms with Crippen molar-refractivity contribution >= 4 is 53.9 Å². The molecule has 2 aromatic heterocycles. The van der Waals surface area contributed by atoms with Gasteiger partial charge in [-0.15, -0.1) is 11.3 Å². The van der Waals surface area contributed by atoms with Crippen LogP contribution < -0.4 is 4.72 Å². The summed E-state index contributed by atoms with van der Waals surface area (Å²) >= 11 is 4.78. The minimum Gasteiger partial charge on any atom is -0.358 e. The van der Waals surface area contributed by atoms with Gasteiger partial charge in [-0.25, -0.2) is 8.42 Å². The molecule has 142 valence electrons. The first-order valence-electron chi connectivity index (χ1n) is 8.98. The number of fused-ring (bicyclic) bond motifs is 3. The number of thiophene rings is 1. The first-order valence-corrected chi connectivity index (χ1v) is 12.1. The molecule has 0 bridgehead atoms. The van der Waals surface area contributed by atoms with Crippen molar-refractivity contribution in [2.75, 3.05) is 4.72 Å². The fourth-order valence-electron chi connectivity index (χ4n) is 4.06. The maximum atomic E-state index is 12.7. The van der Waals surface area contributed by atoms with Gasteiger partial charge in [0.05, 0.1) is 5.69 Å². The van der Waals surface area contributed by atoms with Gasteiger partial charge in [0, 0.05) is 27.0 Å². The van der Waals surface area contributed by atoms with E-state index >= 15 is 0 Å². The Balaban J connectivity index is 1.57. The number of halogens is 1. The summed E-state index contributed by atoms with van der Waals surface area (Å²) < 4.78 is 29.7. The van der Waals surface area contributed by atoms with Crippen molar-refractivity contribution < 1.29 is 8.42 Å². The quantitative estimate of drug-likeness (QED) is 0.389. The Morgan fingerprint density at radius 3 is 2.79 bits per heavy atom. The van der Waals surface area contributed by atoms with E-state index in [-0.39, 0.29) is 5.92 Å². The van der Waals surface area contributed by atoms with Crippen molar-refractivity contribution in [1.29, 1.82) is 0 Å². The molecule has 2 aromatic carbocycles. The van der Waals surface area contributed by atoms with Gasteiger partial charge in [0.1, 0.15) is 4.21 Å². The van der Waals surface area contributed by atoms with Crippen molar-refractivity contribution in [1.82, 2.24) is 4.98 Å². The fraction of sp³-hybridized carbons (Fsp3) is 0.143. The minimum absolute atomic E-state index is 0.142. The van der Waals surface area contributed by atoms with Crippen molar-refractivity contribution in [2.45, 2.75) is 23.0 Å². The van der Waals surface area contributed by atoms with E-state index in [1.807, 2.05) is 30.3 Å². The lowest BCUT2D eigenvalue weighted by molar-refractivity contribution is 0.603. The van der Waals surface area contributed by atoms with Gasteiger partial charge < -0.3 is 4.98 Å². The van der Waals surface area contributed by atoms with Gasteiger partial charge >= 0.3 is 0 Å². The van der Waals surface area contributed by atoms with Crippen LogP contribution in [0.1, 0.15) is 29.2 Å². The number of para-hydroxylation sites is 1. The first kappa shape index (κ1) is 18.0. The van der Waals surface area contributed by atoms with Gasteiger partial charge in [-0.1, -0.05) is 40.2 Å². The second-order valence-corrected chi connectivity index (χ2v) is 10.7. The van der Waals surface area contributed by atoms with Crippen LogP contribution >= 0.6 is 27.3 Å². The molecular formula is C21H17BrN2O2S2. The number of H-pyrrole nitrogens is 1. The van der Waals surface area contributed by atoms with E-state index in [1.165, 1.54) is 28.0 Å². The van der Waals surface area contributed by atoms with E-state index in [0.29, 0.717) is 9.90 Å². The maximum absolute atomic E-state index is 12.7. The number of aromatic amines is 1. The smallest absolute Gasteiger partial charge is 0.271 e. The number of sulfonamides is 1. The Labute approximate surface area is 175 Å². The summed E-state index contributed by atoms with van der Waals surface area (Å²) in [6.07, 6.45) is 1.93. The molecule has 0 aliphatic heterocycles. The lowest BCUT2D eigenvalue weighted by atomic mass is 9.95. The van der Waals surface area contributed by atoms with Gasteiger partial charge in [0.15, 0.2) is 0 Å². The molecule has 0 fully saturated rings. The Hall–Kier alpha value is -2.09. The maximum Gasteiger partial charge on any atom is 0.271 e. The molecule has 28 heavy (non-hydrogen) atoms. The molecule has 0 spiro atoms. The van der Waals surface area contributed by atoms with Gasteiger partial charge in [0.25, 0.3) is 10.0 Å². The van der Waals surface area contributed by atoms with Crippen molar-refractivity contribution in [3.63, 3.8) is 0 Å². The van der Waals surface area contributed by atoms with Crippen LogP contribution in [0, 0.1) is 0 Å². The topological polar surface area (TPSA) is 62.0 Å². The Kier molecular flexibility index (Phi) is 4.34. The summed E-state index contributed by atoms with van der Waals surface area (Å²) in [6.45, 7) is 0. The highest BCUT2D eigenvalue weighted by atomic mass is 79.9. The van der Waals surface area contributed by atoms with Crippen LogP contribution in [-0.2, 0) is 16.4 Å². The zero-order valence-electron chi connectivity index (χ0n) is 14.8. The Morgan fingerprint density at radius 2 is 1.96 bits per heavy atom. The standard InChI is InChI=1S/C21H17BrN2O2S2/c22-13-7-10-18-17(12-13)16-9-8-15(21(16)23-18)14-4-1-2-5-19(14)24-28(25,26)20-6-3-11-27-20/h1-7,10-12,15,23-24H,8-9H2. The van der Waals surface area contributed by atoms with Crippen LogP contribution in [0.15, 0.2) is 68.7 Å². The average molecular weight is 473 g/mol. The van der Waals surface area contributed by atoms with Gasteiger partial charge in [0.2, 0.25) is 0 Å². The normalized spacial score (nSPS) is 16.4. The third-order valence-electron chi connectivity index (χ3n) is 5.27. The van der Waals surface area contributed by atoms with Crippen LogP contribution in [-0.4, -0.2) is 13.4 Å². The van der Waals surface area contributed by atoms with E-state index in [4.69, 9.17) is 0 Å². The average Bonchev–Trinajstić information content (AvgIpc) is 3.39. The van der Waals surface area contributed by atoms with Gasteiger partial charge in [-0.3, -0.25) is 4.72 Å². The molecular weight excluding hydrogens is 456 g/mol. The molecule has 1 aliphatic rings. The predicted octanol–water partition coefficient (Wildman–Crippen LogP) is 5.87. The molecule has 2 N–H and O–H groups in total. The summed E-state index contributed by atoms with van der Waals surface area (Å²) in [5, 5.41) is 3.01. The largest absolute Gasteiger partial charge is 0.358 e. The van der Waals surface area contributed by atoms with Crippen LogP contribution in [0.2, 0.25) is 0 Å². The third kappa shape index (κ3) is 2.98. The molecule has 0 saturated carbocycles. The predicted molar refractivity (Wildman–Crippen MR) is 118 cm³/mol. The highest BCUT2D eigenvalue weighted by Gasteiger charge is 2.30. The van der Waals surface area contributed by atoms with E-state index < -0.39 is 10.0 Å². The summed E-state index contributed by atoms with van der Waals surface area (Å²) in [7, 11) is -3.58. The number of aryl methyl sites for hydroxylation is 1. The van der Waals surface area contributed by atoms with Crippen LogP contribution in [0.4, 0.5) is 5.69 Å². The summed E-state index contributed by atoms with van der Waals surface area (Å²) in [4.78, 5) is 3.57. The van der Waals surface area contributed by atoms with Crippen LogP contribution in [0.5, 0.6) is 0 Å². The molecule has 2 heterocycles. The zero-order chi connectivity index (χ0) is 19.3. The van der Waals surface area contributed by atoms with E-state index in [9.17, 15) is 8.42 Å². The minimum atomic E-state index is -3.58. The number of aromatic nitrogens is 1. The molecule has 4 nitrogen and oxygen atoms in total. The molecule has 0 saturated heterocycles. The third-order valence-corrected chi connectivity index (χ3v) is 8.53. The summed E-state index contributed by atoms with van der Waals surface area (Å²) in [6, 6.07) is 17.3. The van der Waals surface area contributed by atoms with Crippen LogP contribution in [0.25, 0.3) is 10.9 Å². The number of rotatable bonds is 4. The molecule has 5 rings (SSSR count). The lowest BCUT2D eigenvalue weighted by Gasteiger charge is -2.17. The highest BCUT2D eigenvalue weighted by Crippen LogP contribution is 2.44. The van der Waals surface area contributed by atoms with E-state index in [1.54, 1.807) is 17.5 Å². The van der Waals surface area contributed by atoms with Gasteiger partial charge in [-0.05, 0) is 59.7 Å².